The molecule has 0 aliphatic heterocycles. The van der Waals surface area contributed by atoms with Gasteiger partial charge in [-0.05, 0) is 61.4 Å². The van der Waals surface area contributed by atoms with Crippen molar-refractivity contribution in [2.24, 2.45) is 5.41 Å². The number of alkyl halides is 3. The molecule has 2 aromatic rings. The van der Waals surface area contributed by atoms with E-state index in [9.17, 15) is 18.0 Å². The van der Waals surface area contributed by atoms with E-state index < -0.39 is 17.5 Å². The lowest BCUT2D eigenvalue weighted by Crippen LogP contribution is -2.40. The summed E-state index contributed by atoms with van der Waals surface area (Å²) in [5.41, 5.74) is 1.75. The van der Waals surface area contributed by atoms with Crippen molar-refractivity contribution in [2.45, 2.75) is 39.4 Å². The Labute approximate surface area is 125 Å². The summed E-state index contributed by atoms with van der Waals surface area (Å²) < 4.78 is 38.6. The molecule has 6 heteroatoms. The van der Waals surface area contributed by atoms with Crippen molar-refractivity contribution in [2.75, 3.05) is 0 Å². The van der Waals surface area contributed by atoms with Crippen LogP contribution in [0.2, 0.25) is 0 Å². The standard InChI is InChI=1S/C16H17F3N2O/c1-9-5-11-7-12(21-13(11)6-10(9)2)8-20-14(22)15(3-4-15)16(17,18)19/h5-7,21H,3-4,8H2,1-2H3,(H,20,22). The fourth-order valence-corrected chi connectivity index (χ4v) is 2.67. The molecule has 0 atom stereocenters. The fourth-order valence-electron chi connectivity index (χ4n) is 2.67. The molecule has 1 aromatic heterocycles. The predicted octanol–water partition coefficient (Wildman–Crippen LogP) is 3.74. The summed E-state index contributed by atoms with van der Waals surface area (Å²) >= 11 is 0. The van der Waals surface area contributed by atoms with Crippen LogP contribution in [0.15, 0.2) is 18.2 Å². The first kappa shape index (κ1) is 14.9. The van der Waals surface area contributed by atoms with E-state index in [2.05, 4.69) is 10.3 Å². The molecule has 1 fully saturated rings. The molecule has 1 amide bonds. The van der Waals surface area contributed by atoms with Crippen LogP contribution in [0.25, 0.3) is 10.9 Å². The molecule has 0 bridgehead atoms. The molecule has 0 unspecified atom stereocenters. The van der Waals surface area contributed by atoms with Gasteiger partial charge in [0, 0.05) is 11.2 Å². The molecule has 3 nitrogen and oxygen atoms in total. The normalized spacial score (nSPS) is 16.8. The molecule has 1 aromatic carbocycles. The largest absolute Gasteiger partial charge is 0.403 e. The summed E-state index contributed by atoms with van der Waals surface area (Å²) in [4.78, 5) is 15.0. The number of carbonyl (C=O) groups excluding carboxylic acids is 1. The van der Waals surface area contributed by atoms with Crippen LogP contribution in [0.4, 0.5) is 13.2 Å². The first-order valence-corrected chi connectivity index (χ1v) is 7.17. The van der Waals surface area contributed by atoms with Gasteiger partial charge in [-0.25, -0.2) is 0 Å². The predicted molar refractivity (Wildman–Crippen MR) is 77.3 cm³/mol. The third-order valence-electron chi connectivity index (χ3n) is 4.46. The monoisotopic (exact) mass is 310 g/mol. The van der Waals surface area contributed by atoms with Crippen molar-refractivity contribution >= 4 is 16.8 Å². The van der Waals surface area contributed by atoms with Crippen LogP contribution in [-0.2, 0) is 11.3 Å². The summed E-state index contributed by atoms with van der Waals surface area (Å²) in [6, 6.07) is 5.87. The molecule has 1 aliphatic rings. The van der Waals surface area contributed by atoms with Crippen LogP contribution in [0.1, 0.15) is 29.7 Å². The van der Waals surface area contributed by atoms with Gasteiger partial charge in [0.15, 0.2) is 0 Å². The van der Waals surface area contributed by atoms with Gasteiger partial charge in [-0.1, -0.05) is 0 Å². The maximum absolute atomic E-state index is 12.9. The van der Waals surface area contributed by atoms with Crippen LogP contribution in [0, 0.1) is 19.3 Å². The van der Waals surface area contributed by atoms with E-state index in [1.807, 2.05) is 32.0 Å². The van der Waals surface area contributed by atoms with Crippen molar-refractivity contribution in [1.82, 2.24) is 10.3 Å². The quantitative estimate of drug-likeness (QED) is 0.891. The Balaban J connectivity index is 1.73. The SMILES string of the molecule is Cc1cc2cc(CNC(=O)C3(C(F)(F)F)CC3)[nH]c2cc1C. The number of aromatic amines is 1. The summed E-state index contributed by atoms with van der Waals surface area (Å²) in [5, 5.41) is 3.40. The van der Waals surface area contributed by atoms with E-state index in [1.54, 1.807) is 0 Å². The number of aryl methyl sites for hydroxylation is 2. The minimum Gasteiger partial charge on any atom is -0.357 e. The van der Waals surface area contributed by atoms with E-state index in [-0.39, 0.29) is 19.4 Å². The van der Waals surface area contributed by atoms with Crippen LogP contribution >= 0.6 is 0 Å². The molecule has 0 spiro atoms. The number of carbonyl (C=O) groups is 1. The highest BCUT2D eigenvalue weighted by Gasteiger charge is 2.68. The van der Waals surface area contributed by atoms with Gasteiger partial charge >= 0.3 is 6.18 Å². The number of aromatic nitrogens is 1. The molecule has 22 heavy (non-hydrogen) atoms. The number of amides is 1. The van der Waals surface area contributed by atoms with Crippen molar-refractivity contribution < 1.29 is 18.0 Å². The number of rotatable bonds is 3. The molecule has 118 valence electrons. The number of benzene rings is 1. The number of hydrogen-bond acceptors (Lipinski definition) is 1. The van der Waals surface area contributed by atoms with Gasteiger partial charge in [-0.2, -0.15) is 13.2 Å². The second kappa shape index (κ2) is 4.76. The highest BCUT2D eigenvalue weighted by Crippen LogP contribution is 2.57. The van der Waals surface area contributed by atoms with Gasteiger partial charge < -0.3 is 10.3 Å². The maximum Gasteiger partial charge on any atom is 0.403 e. The lowest BCUT2D eigenvalue weighted by Gasteiger charge is -2.18. The fraction of sp³-hybridized carbons (Fsp3) is 0.438. The van der Waals surface area contributed by atoms with Crippen molar-refractivity contribution in [1.29, 1.82) is 0 Å². The summed E-state index contributed by atoms with van der Waals surface area (Å²) in [5.74, 6) is -0.925. The van der Waals surface area contributed by atoms with E-state index in [1.165, 1.54) is 0 Å². The first-order chi connectivity index (χ1) is 10.2. The van der Waals surface area contributed by atoms with Gasteiger partial charge in [0.05, 0.1) is 6.54 Å². The summed E-state index contributed by atoms with van der Waals surface area (Å²) in [6.07, 6.45) is -4.70. The second-order valence-electron chi connectivity index (χ2n) is 6.08. The Morgan fingerprint density at radius 2 is 1.86 bits per heavy atom. The minimum absolute atomic E-state index is 0.0729. The average molecular weight is 310 g/mol. The molecular formula is C16H17F3N2O. The van der Waals surface area contributed by atoms with Gasteiger partial charge in [-0.3, -0.25) is 4.79 Å². The summed E-state index contributed by atoms with van der Waals surface area (Å²) in [7, 11) is 0. The zero-order valence-corrected chi connectivity index (χ0v) is 12.4. The Morgan fingerprint density at radius 1 is 1.23 bits per heavy atom. The van der Waals surface area contributed by atoms with Gasteiger partial charge in [0.1, 0.15) is 5.41 Å². The third-order valence-corrected chi connectivity index (χ3v) is 4.46. The van der Waals surface area contributed by atoms with E-state index >= 15 is 0 Å². The highest BCUT2D eigenvalue weighted by molar-refractivity contribution is 5.86. The molecule has 1 heterocycles. The van der Waals surface area contributed by atoms with Crippen LogP contribution in [0.5, 0.6) is 0 Å². The lowest BCUT2D eigenvalue weighted by atomic mass is 10.1. The topological polar surface area (TPSA) is 44.9 Å². The number of hydrogen-bond donors (Lipinski definition) is 2. The Kier molecular flexibility index (Phi) is 3.23. The summed E-state index contributed by atoms with van der Waals surface area (Å²) in [6.45, 7) is 4.07. The molecule has 1 saturated carbocycles. The molecule has 1 aliphatic carbocycles. The van der Waals surface area contributed by atoms with Crippen molar-refractivity contribution in [3.05, 3.63) is 35.0 Å². The Morgan fingerprint density at radius 3 is 2.45 bits per heavy atom. The minimum atomic E-state index is -4.47. The number of nitrogens with one attached hydrogen (secondary N) is 2. The third kappa shape index (κ3) is 2.36. The van der Waals surface area contributed by atoms with Gasteiger partial charge in [0.25, 0.3) is 0 Å². The van der Waals surface area contributed by atoms with Crippen LogP contribution in [-0.4, -0.2) is 17.1 Å². The van der Waals surface area contributed by atoms with Gasteiger partial charge in [0.2, 0.25) is 5.91 Å². The first-order valence-electron chi connectivity index (χ1n) is 7.17. The van der Waals surface area contributed by atoms with E-state index in [0.29, 0.717) is 5.69 Å². The van der Waals surface area contributed by atoms with E-state index in [0.717, 1.165) is 22.0 Å². The number of fused-ring (bicyclic) bond motifs is 1. The Hall–Kier alpha value is -1.98. The number of halogens is 3. The molecule has 0 radical (unpaired) electrons. The van der Waals surface area contributed by atoms with Crippen molar-refractivity contribution in [3.63, 3.8) is 0 Å². The zero-order valence-electron chi connectivity index (χ0n) is 12.4. The molecule has 2 N–H and O–H groups in total. The smallest absolute Gasteiger partial charge is 0.357 e. The second-order valence-corrected chi connectivity index (χ2v) is 6.08. The van der Waals surface area contributed by atoms with E-state index in [4.69, 9.17) is 0 Å². The zero-order chi connectivity index (χ0) is 16.1. The van der Waals surface area contributed by atoms with Gasteiger partial charge in [-0.15, -0.1) is 0 Å². The maximum atomic E-state index is 12.9. The van der Waals surface area contributed by atoms with Crippen LogP contribution in [0.3, 0.4) is 0 Å². The Bertz CT molecular complexity index is 703. The van der Waals surface area contributed by atoms with Crippen molar-refractivity contribution in [3.8, 4) is 0 Å². The molecular weight excluding hydrogens is 293 g/mol. The lowest BCUT2D eigenvalue weighted by molar-refractivity contribution is -0.192. The number of H-pyrrole nitrogens is 1. The molecule has 3 rings (SSSR count). The van der Waals surface area contributed by atoms with Crippen LogP contribution < -0.4 is 5.32 Å². The highest BCUT2D eigenvalue weighted by atomic mass is 19.4. The molecule has 0 saturated heterocycles. The average Bonchev–Trinajstić information content (AvgIpc) is 3.15.